The van der Waals surface area contributed by atoms with Gasteiger partial charge in [0, 0.05) is 48.7 Å². The molecule has 0 radical (unpaired) electrons. The van der Waals surface area contributed by atoms with Crippen LogP contribution in [0.15, 0.2) is 36.5 Å². The van der Waals surface area contributed by atoms with Crippen molar-refractivity contribution in [3.63, 3.8) is 0 Å². The molecular weight excluding hydrogens is 483 g/mol. The number of rotatable bonds is 3. The Morgan fingerprint density at radius 3 is 1.92 bits per heavy atom. The van der Waals surface area contributed by atoms with Crippen LogP contribution in [0.5, 0.6) is 5.75 Å². The van der Waals surface area contributed by atoms with E-state index in [0.717, 1.165) is 59.8 Å². The van der Waals surface area contributed by atoms with Gasteiger partial charge in [-0.2, -0.15) is 13.2 Å². The fourth-order valence-electron chi connectivity index (χ4n) is 3.86. The predicted molar refractivity (Wildman–Crippen MR) is 124 cm³/mol. The summed E-state index contributed by atoms with van der Waals surface area (Å²) in [5, 5.41) is 28.2. The summed E-state index contributed by atoms with van der Waals surface area (Å²) < 4.78 is 42.7. The molecule has 5 rings (SSSR count). The molecule has 0 amide bonds. The standard InChI is InChI=1S/C21H23N5O3.C2HF3O2/c27-16-3-1-2-15(12-16)19-13-17-18(14-22-19)21(26-6-10-29-11-7-26)24-23-20(17)25-4-8-28-9-5-25;3-2(4,5)1(6)7/h1-3,12-14,27H,4-11H2;(H,6,7). The molecule has 1 aromatic carbocycles. The molecule has 2 fully saturated rings. The normalized spacial score (nSPS) is 16.4. The van der Waals surface area contributed by atoms with Crippen molar-refractivity contribution in [1.82, 2.24) is 15.2 Å². The van der Waals surface area contributed by atoms with Crippen molar-refractivity contribution in [3.05, 3.63) is 36.5 Å². The number of benzene rings is 1. The largest absolute Gasteiger partial charge is 0.508 e. The van der Waals surface area contributed by atoms with Crippen molar-refractivity contribution in [2.75, 3.05) is 62.4 Å². The van der Waals surface area contributed by atoms with E-state index in [9.17, 15) is 18.3 Å². The van der Waals surface area contributed by atoms with Crippen LogP contribution < -0.4 is 9.80 Å². The molecule has 0 saturated carbocycles. The molecule has 13 heteroatoms. The molecule has 192 valence electrons. The van der Waals surface area contributed by atoms with Crippen LogP contribution in [-0.4, -0.2) is 90.1 Å². The second kappa shape index (κ2) is 10.9. The number of hydrogen-bond acceptors (Lipinski definition) is 9. The van der Waals surface area contributed by atoms with E-state index in [1.54, 1.807) is 12.1 Å². The number of fused-ring (bicyclic) bond motifs is 1. The number of aromatic hydroxyl groups is 1. The number of morpholine rings is 2. The van der Waals surface area contributed by atoms with E-state index in [4.69, 9.17) is 19.4 Å². The van der Waals surface area contributed by atoms with Crippen LogP contribution in [0.1, 0.15) is 0 Å². The number of aromatic nitrogens is 3. The number of carbonyl (C=O) groups is 1. The molecule has 36 heavy (non-hydrogen) atoms. The molecule has 3 aromatic rings. The number of anilines is 2. The monoisotopic (exact) mass is 507 g/mol. The zero-order valence-electron chi connectivity index (χ0n) is 19.1. The van der Waals surface area contributed by atoms with E-state index in [-0.39, 0.29) is 5.75 Å². The average molecular weight is 507 g/mol. The molecule has 2 aliphatic heterocycles. The van der Waals surface area contributed by atoms with Crippen LogP contribution in [0.4, 0.5) is 24.8 Å². The van der Waals surface area contributed by atoms with Gasteiger partial charge in [-0.1, -0.05) is 12.1 Å². The topological polar surface area (TPSA) is 121 Å². The zero-order valence-corrected chi connectivity index (χ0v) is 19.1. The maximum absolute atomic E-state index is 10.6. The number of nitrogens with zero attached hydrogens (tertiary/aromatic N) is 5. The third-order valence-electron chi connectivity index (χ3n) is 5.63. The first-order chi connectivity index (χ1) is 17.2. The lowest BCUT2D eigenvalue weighted by Gasteiger charge is -2.31. The SMILES string of the molecule is O=C(O)C(F)(F)F.Oc1cccc(-c2cc3c(N4CCOCC4)nnc(N4CCOCC4)c3cn2)c1. The lowest BCUT2D eigenvalue weighted by Crippen LogP contribution is -2.38. The number of carboxylic acids is 1. The Kier molecular flexibility index (Phi) is 7.70. The van der Waals surface area contributed by atoms with Crippen LogP contribution in [0.2, 0.25) is 0 Å². The maximum atomic E-state index is 10.6. The van der Waals surface area contributed by atoms with E-state index in [0.29, 0.717) is 26.4 Å². The van der Waals surface area contributed by atoms with Crippen molar-refractivity contribution in [3.8, 4) is 17.0 Å². The van der Waals surface area contributed by atoms with E-state index >= 15 is 0 Å². The lowest BCUT2D eigenvalue weighted by molar-refractivity contribution is -0.192. The molecule has 2 aromatic heterocycles. The summed E-state index contributed by atoms with van der Waals surface area (Å²) in [6.45, 7) is 5.86. The van der Waals surface area contributed by atoms with Gasteiger partial charge in [0.15, 0.2) is 11.6 Å². The van der Waals surface area contributed by atoms with Crippen LogP contribution >= 0.6 is 0 Å². The molecule has 2 N–H and O–H groups in total. The van der Waals surface area contributed by atoms with Crippen molar-refractivity contribution in [1.29, 1.82) is 0 Å². The first-order valence-electron chi connectivity index (χ1n) is 11.2. The van der Waals surface area contributed by atoms with Crippen molar-refractivity contribution in [2.45, 2.75) is 6.18 Å². The molecule has 0 unspecified atom stereocenters. The van der Waals surface area contributed by atoms with Crippen molar-refractivity contribution >= 4 is 28.4 Å². The Labute approximate surface area is 203 Å². The van der Waals surface area contributed by atoms with Gasteiger partial charge in [0.05, 0.1) is 32.1 Å². The third kappa shape index (κ3) is 5.91. The summed E-state index contributed by atoms with van der Waals surface area (Å²) in [5.41, 5.74) is 1.66. The maximum Gasteiger partial charge on any atom is 0.490 e. The number of ether oxygens (including phenoxy) is 2. The molecule has 2 saturated heterocycles. The van der Waals surface area contributed by atoms with Crippen molar-refractivity contribution in [2.24, 2.45) is 0 Å². The Morgan fingerprint density at radius 1 is 0.889 bits per heavy atom. The summed E-state index contributed by atoms with van der Waals surface area (Å²) in [7, 11) is 0. The van der Waals surface area contributed by atoms with E-state index in [1.807, 2.05) is 24.4 Å². The minimum Gasteiger partial charge on any atom is -0.508 e. The van der Waals surface area contributed by atoms with Gasteiger partial charge in [0.2, 0.25) is 0 Å². The molecule has 4 heterocycles. The van der Waals surface area contributed by atoms with E-state index < -0.39 is 12.1 Å². The summed E-state index contributed by atoms with van der Waals surface area (Å²) in [6, 6.07) is 9.20. The molecule has 0 atom stereocenters. The summed E-state index contributed by atoms with van der Waals surface area (Å²) in [4.78, 5) is 18.0. The fraction of sp³-hybridized carbons (Fsp3) is 0.391. The number of carboxylic acid groups (broad SMARTS) is 1. The highest BCUT2D eigenvalue weighted by Gasteiger charge is 2.38. The Bertz CT molecular complexity index is 1210. The van der Waals surface area contributed by atoms with Gasteiger partial charge >= 0.3 is 12.1 Å². The number of phenolic OH excluding ortho intramolecular Hbond substituents is 1. The molecule has 0 aliphatic carbocycles. The van der Waals surface area contributed by atoms with Gasteiger partial charge in [0.25, 0.3) is 0 Å². The van der Waals surface area contributed by atoms with Gasteiger partial charge in [-0.15, -0.1) is 10.2 Å². The Balaban J connectivity index is 0.000000384. The lowest BCUT2D eigenvalue weighted by atomic mass is 10.1. The van der Waals surface area contributed by atoms with Gasteiger partial charge in [-0.25, -0.2) is 4.79 Å². The smallest absolute Gasteiger partial charge is 0.490 e. The highest BCUT2D eigenvalue weighted by atomic mass is 19.4. The number of pyridine rings is 1. The molecule has 0 spiro atoms. The number of aliphatic carboxylic acids is 1. The van der Waals surface area contributed by atoms with Gasteiger partial charge < -0.3 is 29.5 Å². The van der Waals surface area contributed by atoms with Gasteiger partial charge in [0.1, 0.15) is 5.75 Å². The summed E-state index contributed by atoms with van der Waals surface area (Å²) in [5.74, 6) is -0.841. The van der Waals surface area contributed by atoms with Crippen molar-refractivity contribution < 1.29 is 37.7 Å². The highest BCUT2D eigenvalue weighted by Crippen LogP contribution is 2.34. The highest BCUT2D eigenvalue weighted by molar-refractivity contribution is 6.00. The minimum atomic E-state index is -5.08. The number of alkyl halides is 3. The number of halogens is 3. The van der Waals surface area contributed by atoms with Crippen LogP contribution in [0.25, 0.3) is 22.0 Å². The summed E-state index contributed by atoms with van der Waals surface area (Å²) >= 11 is 0. The van der Waals surface area contributed by atoms with Crippen LogP contribution in [-0.2, 0) is 14.3 Å². The zero-order chi connectivity index (χ0) is 25.7. The van der Waals surface area contributed by atoms with Crippen LogP contribution in [0, 0.1) is 0 Å². The second-order valence-corrected chi connectivity index (χ2v) is 8.01. The predicted octanol–water partition coefficient (Wildman–Crippen LogP) is 2.70. The second-order valence-electron chi connectivity index (χ2n) is 8.01. The fourth-order valence-corrected chi connectivity index (χ4v) is 3.86. The Hall–Kier alpha value is -3.71. The van der Waals surface area contributed by atoms with E-state index in [1.165, 1.54) is 0 Å². The Morgan fingerprint density at radius 2 is 1.42 bits per heavy atom. The molecule has 0 bridgehead atoms. The molecular formula is C23H24F3N5O5. The van der Waals surface area contributed by atoms with Gasteiger partial charge in [-0.05, 0) is 18.2 Å². The first kappa shape index (κ1) is 25.4. The minimum absolute atomic E-state index is 0.222. The average Bonchev–Trinajstić information content (AvgIpc) is 2.88. The van der Waals surface area contributed by atoms with Gasteiger partial charge in [-0.3, -0.25) is 4.98 Å². The third-order valence-corrected chi connectivity index (χ3v) is 5.63. The van der Waals surface area contributed by atoms with E-state index in [2.05, 4.69) is 25.0 Å². The summed E-state index contributed by atoms with van der Waals surface area (Å²) in [6.07, 6.45) is -3.21. The number of phenols is 1. The quantitative estimate of drug-likeness (QED) is 0.547. The molecule has 2 aliphatic rings. The van der Waals surface area contributed by atoms with Crippen LogP contribution in [0.3, 0.4) is 0 Å². The first-order valence-corrected chi connectivity index (χ1v) is 11.2. The molecule has 10 nitrogen and oxygen atoms in total. The number of hydrogen-bond donors (Lipinski definition) is 2.